The van der Waals surface area contributed by atoms with Gasteiger partial charge in [0.25, 0.3) is 0 Å². The summed E-state index contributed by atoms with van der Waals surface area (Å²) in [4.78, 5) is 4.11. The van der Waals surface area contributed by atoms with Crippen molar-refractivity contribution in [2.24, 2.45) is 0 Å². The predicted octanol–water partition coefficient (Wildman–Crippen LogP) is 5.16. The first-order valence-electron chi connectivity index (χ1n) is 8.58. The van der Waals surface area contributed by atoms with Crippen molar-refractivity contribution in [1.29, 1.82) is 5.26 Å². The number of halogens is 1. The third kappa shape index (κ3) is 4.67. The van der Waals surface area contributed by atoms with Crippen LogP contribution < -0.4 is 4.74 Å². The summed E-state index contributed by atoms with van der Waals surface area (Å²) in [7, 11) is 0. The molecule has 0 bridgehead atoms. The van der Waals surface area contributed by atoms with Crippen LogP contribution in [0.5, 0.6) is 5.75 Å². The lowest BCUT2D eigenvalue weighted by atomic mass is 10.0. The number of hydrogen-bond donors (Lipinski definition) is 0. The van der Waals surface area contributed by atoms with Gasteiger partial charge >= 0.3 is 0 Å². The minimum Gasteiger partial charge on any atom is -0.494 e. The Bertz CT molecular complexity index is 886. The Hall–Kier alpha value is -3.19. The summed E-state index contributed by atoms with van der Waals surface area (Å²) in [6.07, 6.45) is 6.65. The van der Waals surface area contributed by atoms with Gasteiger partial charge in [-0.2, -0.15) is 5.26 Å². The van der Waals surface area contributed by atoms with E-state index in [0.717, 1.165) is 30.6 Å². The fraction of sp³-hybridized carbons (Fsp3) is 0.182. The number of unbranched alkanes of at least 4 members (excludes halogenated alkanes) is 1. The van der Waals surface area contributed by atoms with E-state index in [0.29, 0.717) is 17.7 Å². The van der Waals surface area contributed by atoms with Gasteiger partial charge in [-0.15, -0.1) is 0 Å². The maximum absolute atomic E-state index is 14.0. The van der Waals surface area contributed by atoms with Gasteiger partial charge in [-0.05, 0) is 66.8 Å². The first-order chi connectivity index (χ1) is 12.8. The Kier molecular flexibility index (Phi) is 5.95. The van der Waals surface area contributed by atoms with Crippen molar-refractivity contribution in [3.63, 3.8) is 0 Å². The van der Waals surface area contributed by atoms with Gasteiger partial charge in [-0.3, -0.25) is 4.98 Å². The van der Waals surface area contributed by atoms with Crippen LogP contribution in [0.2, 0.25) is 0 Å². The molecular weight excluding hydrogens is 327 g/mol. The van der Waals surface area contributed by atoms with Crippen molar-refractivity contribution in [2.45, 2.75) is 19.3 Å². The summed E-state index contributed by atoms with van der Waals surface area (Å²) in [6, 6.07) is 17.7. The van der Waals surface area contributed by atoms with Gasteiger partial charge in [0.05, 0.1) is 18.2 Å². The SMILES string of the molecule is N#Cc1ccc(F)c(-c2ccc(OCCCCc3cccnc3)cc2)c1. The Morgan fingerprint density at radius 3 is 2.62 bits per heavy atom. The van der Waals surface area contributed by atoms with Gasteiger partial charge in [0.2, 0.25) is 0 Å². The lowest BCUT2D eigenvalue weighted by molar-refractivity contribution is 0.307. The molecule has 0 aliphatic rings. The Balaban J connectivity index is 1.51. The highest BCUT2D eigenvalue weighted by atomic mass is 19.1. The first kappa shape index (κ1) is 17.6. The Morgan fingerprint density at radius 2 is 1.88 bits per heavy atom. The van der Waals surface area contributed by atoms with Gasteiger partial charge in [0.15, 0.2) is 0 Å². The molecule has 1 heterocycles. The highest BCUT2D eigenvalue weighted by molar-refractivity contribution is 5.66. The third-order valence-electron chi connectivity index (χ3n) is 4.11. The van der Waals surface area contributed by atoms with E-state index in [9.17, 15) is 4.39 Å². The summed E-state index contributed by atoms with van der Waals surface area (Å²) in [5.74, 6) is 0.417. The molecule has 0 aliphatic carbocycles. The molecule has 130 valence electrons. The quantitative estimate of drug-likeness (QED) is 0.555. The van der Waals surface area contributed by atoms with Gasteiger partial charge in [-0.1, -0.05) is 18.2 Å². The summed E-state index contributed by atoms with van der Waals surface area (Å²) >= 11 is 0. The standard InChI is InChI=1S/C22H19FN2O/c23-22-11-6-18(15-24)14-21(22)19-7-9-20(10-8-19)26-13-2-1-4-17-5-3-12-25-16-17/h3,5-12,14,16H,1-2,4,13H2. The molecule has 3 rings (SSSR count). The van der Waals surface area contributed by atoms with Crippen LogP contribution in [-0.4, -0.2) is 11.6 Å². The molecule has 1 aromatic heterocycles. The predicted molar refractivity (Wildman–Crippen MR) is 99.2 cm³/mol. The summed E-state index contributed by atoms with van der Waals surface area (Å²) in [5, 5.41) is 8.96. The van der Waals surface area contributed by atoms with Crippen LogP contribution in [0, 0.1) is 17.1 Å². The van der Waals surface area contributed by atoms with E-state index >= 15 is 0 Å². The Labute approximate surface area is 152 Å². The molecule has 3 aromatic rings. The molecule has 26 heavy (non-hydrogen) atoms. The lowest BCUT2D eigenvalue weighted by Crippen LogP contribution is -1.98. The second kappa shape index (κ2) is 8.77. The summed E-state index contributed by atoms with van der Waals surface area (Å²) in [6.45, 7) is 0.637. The molecule has 4 heteroatoms. The maximum Gasteiger partial charge on any atom is 0.131 e. The van der Waals surface area contributed by atoms with Crippen LogP contribution in [0.1, 0.15) is 24.0 Å². The third-order valence-corrected chi connectivity index (χ3v) is 4.11. The molecule has 0 aliphatic heterocycles. The largest absolute Gasteiger partial charge is 0.494 e. The van der Waals surface area contributed by atoms with Crippen molar-refractivity contribution >= 4 is 0 Å². The van der Waals surface area contributed by atoms with Gasteiger partial charge in [0, 0.05) is 18.0 Å². The smallest absolute Gasteiger partial charge is 0.131 e. The van der Waals surface area contributed by atoms with E-state index in [-0.39, 0.29) is 5.82 Å². The van der Waals surface area contributed by atoms with Crippen LogP contribution in [0.4, 0.5) is 4.39 Å². The monoisotopic (exact) mass is 346 g/mol. The molecule has 0 amide bonds. The maximum atomic E-state index is 14.0. The highest BCUT2D eigenvalue weighted by Crippen LogP contribution is 2.26. The average Bonchev–Trinajstić information content (AvgIpc) is 2.69. The van der Waals surface area contributed by atoms with Gasteiger partial charge in [-0.25, -0.2) is 4.39 Å². The molecule has 0 atom stereocenters. The van der Waals surface area contributed by atoms with E-state index in [4.69, 9.17) is 10.00 Å². The fourth-order valence-corrected chi connectivity index (χ4v) is 2.71. The van der Waals surface area contributed by atoms with Gasteiger partial charge in [0.1, 0.15) is 11.6 Å². The molecule has 0 N–H and O–H groups in total. The number of pyridine rings is 1. The number of nitriles is 1. The molecule has 0 spiro atoms. The average molecular weight is 346 g/mol. The number of ether oxygens (including phenoxy) is 1. The zero-order chi connectivity index (χ0) is 18.2. The minimum absolute atomic E-state index is 0.340. The number of hydrogen-bond acceptors (Lipinski definition) is 3. The van der Waals surface area contributed by atoms with Crippen LogP contribution in [0.15, 0.2) is 67.0 Å². The Morgan fingerprint density at radius 1 is 1.04 bits per heavy atom. The molecule has 0 saturated heterocycles. The molecule has 2 aromatic carbocycles. The first-order valence-corrected chi connectivity index (χ1v) is 8.58. The summed E-state index contributed by atoms with van der Waals surface area (Å²) < 4.78 is 19.7. The lowest BCUT2D eigenvalue weighted by Gasteiger charge is -2.08. The second-order valence-corrected chi connectivity index (χ2v) is 6.00. The van der Waals surface area contributed by atoms with Crippen LogP contribution in [-0.2, 0) is 6.42 Å². The van der Waals surface area contributed by atoms with E-state index in [1.54, 1.807) is 12.3 Å². The van der Waals surface area contributed by atoms with E-state index in [1.807, 2.05) is 42.6 Å². The van der Waals surface area contributed by atoms with Crippen molar-refractivity contribution in [3.8, 4) is 22.9 Å². The van der Waals surface area contributed by atoms with Crippen molar-refractivity contribution in [2.75, 3.05) is 6.61 Å². The van der Waals surface area contributed by atoms with Gasteiger partial charge < -0.3 is 4.74 Å². The number of benzene rings is 2. The van der Waals surface area contributed by atoms with Crippen LogP contribution in [0.3, 0.4) is 0 Å². The molecule has 0 fully saturated rings. The zero-order valence-corrected chi connectivity index (χ0v) is 14.4. The highest BCUT2D eigenvalue weighted by Gasteiger charge is 2.06. The van der Waals surface area contributed by atoms with E-state index in [2.05, 4.69) is 11.1 Å². The zero-order valence-electron chi connectivity index (χ0n) is 14.4. The minimum atomic E-state index is -0.340. The molecule has 0 saturated carbocycles. The summed E-state index contributed by atoms with van der Waals surface area (Å²) in [5.41, 5.74) is 2.82. The molecular formula is C22H19FN2O. The van der Waals surface area contributed by atoms with Crippen molar-refractivity contribution in [3.05, 3.63) is 83.9 Å². The van der Waals surface area contributed by atoms with Crippen molar-refractivity contribution < 1.29 is 9.13 Å². The van der Waals surface area contributed by atoms with Crippen LogP contribution in [0.25, 0.3) is 11.1 Å². The molecule has 0 radical (unpaired) electrons. The number of aryl methyl sites for hydroxylation is 1. The van der Waals surface area contributed by atoms with Crippen LogP contribution >= 0.6 is 0 Å². The normalized spacial score (nSPS) is 10.3. The van der Waals surface area contributed by atoms with E-state index < -0.39 is 0 Å². The number of aromatic nitrogens is 1. The molecule has 0 unspecified atom stereocenters. The van der Waals surface area contributed by atoms with E-state index in [1.165, 1.54) is 17.7 Å². The van der Waals surface area contributed by atoms with Crippen molar-refractivity contribution in [1.82, 2.24) is 4.98 Å². The molecule has 3 nitrogen and oxygen atoms in total. The fourth-order valence-electron chi connectivity index (χ4n) is 2.71. The number of nitrogens with zero attached hydrogens (tertiary/aromatic N) is 2. The number of rotatable bonds is 7. The second-order valence-electron chi connectivity index (χ2n) is 6.00. The topological polar surface area (TPSA) is 45.9 Å².